The molecular weight excluding hydrogens is 160 g/mol. The summed E-state index contributed by atoms with van der Waals surface area (Å²) in [5.41, 5.74) is 2.15. The lowest BCUT2D eigenvalue weighted by atomic mass is 9.69. The second kappa shape index (κ2) is 1.92. The fraction of sp³-hybridized carbons (Fsp3) is 0.750. The molecule has 0 aromatic heterocycles. The first-order chi connectivity index (χ1) is 6.05. The topological polar surface area (TPSA) is 17.1 Å². The molecule has 0 aromatic rings. The van der Waals surface area contributed by atoms with Gasteiger partial charge in [0.25, 0.3) is 0 Å². The maximum absolute atomic E-state index is 11.5. The molecule has 13 heavy (non-hydrogen) atoms. The smallest absolute Gasteiger partial charge is 0.156 e. The number of carbonyl (C=O) groups is 1. The maximum Gasteiger partial charge on any atom is 0.156 e. The zero-order chi connectivity index (χ0) is 9.27. The Hall–Kier alpha value is -0.590. The normalized spacial score (nSPS) is 45.2. The summed E-state index contributed by atoms with van der Waals surface area (Å²) in [5.74, 6) is 1.23. The summed E-state index contributed by atoms with van der Waals surface area (Å²) < 4.78 is 0. The van der Waals surface area contributed by atoms with E-state index in [-0.39, 0.29) is 0 Å². The fourth-order valence-corrected chi connectivity index (χ4v) is 4.03. The summed E-state index contributed by atoms with van der Waals surface area (Å²) in [6, 6.07) is 0. The van der Waals surface area contributed by atoms with Crippen molar-refractivity contribution in [2.24, 2.45) is 16.7 Å². The minimum absolute atomic E-state index is 0.324. The average molecular weight is 176 g/mol. The Balaban J connectivity index is 2.17. The van der Waals surface area contributed by atoms with Gasteiger partial charge in [-0.15, -0.1) is 0 Å². The van der Waals surface area contributed by atoms with Gasteiger partial charge in [-0.3, -0.25) is 4.79 Å². The van der Waals surface area contributed by atoms with Crippen LogP contribution in [0.25, 0.3) is 0 Å². The van der Waals surface area contributed by atoms with Crippen molar-refractivity contribution in [2.45, 2.75) is 39.5 Å². The Labute approximate surface area is 79.2 Å². The third-order valence-electron chi connectivity index (χ3n) is 4.71. The van der Waals surface area contributed by atoms with Gasteiger partial charge in [-0.2, -0.15) is 0 Å². The predicted molar refractivity (Wildman–Crippen MR) is 51.3 cm³/mol. The molecule has 3 aliphatic carbocycles. The molecule has 1 nitrogen and oxygen atoms in total. The Morgan fingerprint density at radius 1 is 1.46 bits per heavy atom. The summed E-state index contributed by atoms with van der Waals surface area (Å²) in [7, 11) is 0. The minimum Gasteiger partial charge on any atom is -0.295 e. The van der Waals surface area contributed by atoms with E-state index < -0.39 is 0 Å². The van der Waals surface area contributed by atoms with Gasteiger partial charge in [-0.1, -0.05) is 19.4 Å². The zero-order valence-corrected chi connectivity index (χ0v) is 8.39. The lowest BCUT2D eigenvalue weighted by Gasteiger charge is -2.35. The van der Waals surface area contributed by atoms with Crippen LogP contribution in [0, 0.1) is 16.7 Å². The van der Waals surface area contributed by atoms with Crippen molar-refractivity contribution < 1.29 is 4.79 Å². The maximum atomic E-state index is 11.5. The zero-order valence-electron chi connectivity index (χ0n) is 8.39. The van der Waals surface area contributed by atoms with Crippen molar-refractivity contribution in [1.29, 1.82) is 0 Å². The van der Waals surface area contributed by atoms with E-state index in [2.05, 4.69) is 13.8 Å². The molecule has 1 heteroatoms. The van der Waals surface area contributed by atoms with Gasteiger partial charge >= 0.3 is 0 Å². The summed E-state index contributed by atoms with van der Waals surface area (Å²) in [5, 5.41) is 0. The molecule has 0 amide bonds. The van der Waals surface area contributed by atoms with Crippen LogP contribution in [-0.4, -0.2) is 5.78 Å². The molecular formula is C12H16O. The molecule has 2 fully saturated rings. The highest BCUT2D eigenvalue weighted by Crippen LogP contribution is 2.69. The van der Waals surface area contributed by atoms with Gasteiger partial charge in [0, 0.05) is 6.42 Å². The number of rotatable bonds is 0. The first kappa shape index (κ1) is 7.78. The van der Waals surface area contributed by atoms with Crippen LogP contribution in [-0.2, 0) is 4.79 Å². The molecule has 2 atom stereocenters. The number of ketones is 1. The Morgan fingerprint density at radius 2 is 2.23 bits per heavy atom. The van der Waals surface area contributed by atoms with Crippen LogP contribution in [0.3, 0.4) is 0 Å². The van der Waals surface area contributed by atoms with Crippen LogP contribution >= 0.6 is 0 Å². The van der Waals surface area contributed by atoms with Crippen LogP contribution in [0.1, 0.15) is 39.5 Å². The molecule has 0 radical (unpaired) electrons. The second-order valence-electron chi connectivity index (χ2n) is 5.64. The largest absolute Gasteiger partial charge is 0.295 e. The van der Waals surface area contributed by atoms with Crippen molar-refractivity contribution in [3.05, 3.63) is 11.6 Å². The Bertz CT molecular complexity index is 324. The van der Waals surface area contributed by atoms with Crippen molar-refractivity contribution >= 4 is 5.78 Å². The van der Waals surface area contributed by atoms with Crippen LogP contribution in [0.2, 0.25) is 0 Å². The molecule has 0 saturated heterocycles. The number of allylic oxidation sites excluding steroid dienone is 2. The summed E-state index contributed by atoms with van der Waals surface area (Å²) in [6.45, 7) is 4.64. The second-order valence-corrected chi connectivity index (χ2v) is 5.64. The highest BCUT2D eigenvalue weighted by Gasteiger charge is 2.60. The first-order valence-corrected chi connectivity index (χ1v) is 5.30. The van der Waals surface area contributed by atoms with E-state index in [0.29, 0.717) is 16.6 Å². The number of hydrogen-bond donors (Lipinski definition) is 0. The van der Waals surface area contributed by atoms with E-state index in [9.17, 15) is 4.79 Å². The molecule has 0 N–H and O–H groups in total. The van der Waals surface area contributed by atoms with Gasteiger partial charge in [0.15, 0.2) is 5.78 Å². The van der Waals surface area contributed by atoms with Gasteiger partial charge < -0.3 is 0 Å². The van der Waals surface area contributed by atoms with Gasteiger partial charge in [0.2, 0.25) is 0 Å². The van der Waals surface area contributed by atoms with Crippen molar-refractivity contribution in [1.82, 2.24) is 0 Å². The van der Waals surface area contributed by atoms with Crippen molar-refractivity contribution in [2.75, 3.05) is 0 Å². The van der Waals surface area contributed by atoms with E-state index in [1.54, 1.807) is 0 Å². The lowest BCUT2D eigenvalue weighted by molar-refractivity contribution is -0.115. The monoisotopic (exact) mass is 176 g/mol. The van der Waals surface area contributed by atoms with Crippen LogP contribution < -0.4 is 0 Å². The summed E-state index contributed by atoms with van der Waals surface area (Å²) >= 11 is 0. The SMILES string of the molecule is CC1(C)C2=CC(=O)CC23CCC1C3. The third-order valence-corrected chi connectivity index (χ3v) is 4.71. The molecule has 2 bridgehead atoms. The van der Waals surface area contributed by atoms with Gasteiger partial charge in [0.1, 0.15) is 0 Å². The Morgan fingerprint density at radius 3 is 2.92 bits per heavy atom. The average Bonchev–Trinajstić information content (AvgIpc) is 2.61. The Kier molecular flexibility index (Phi) is 1.15. The number of carbonyl (C=O) groups excluding carboxylic acids is 1. The molecule has 70 valence electrons. The summed E-state index contributed by atoms with van der Waals surface area (Å²) in [4.78, 5) is 11.5. The molecule has 2 unspecified atom stereocenters. The highest BCUT2D eigenvalue weighted by molar-refractivity contribution is 5.95. The number of hydrogen-bond acceptors (Lipinski definition) is 1. The molecule has 3 aliphatic rings. The molecule has 3 rings (SSSR count). The van der Waals surface area contributed by atoms with E-state index in [1.165, 1.54) is 24.8 Å². The van der Waals surface area contributed by atoms with Crippen LogP contribution in [0.4, 0.5) is 0 Å². The number of fused-ring (bicyclic) bond motifs is 1. The van der Waals surface area contributed by atoms with Crippen LogP contribution in [0.15, 0.2) is 11.6 Å². The van der Waals surface area contributed by atoms with E-state index >= 15 is 0 Å². The fourth-order valence-electron chi connectivity index (χ4n) is 4.03. The van der Waals surface area contributed by atoms with E-state index in [0.717, 1.165) is 12.3 Å². The van der Waals surface area contributed by atoms with Crippen molar-refractivity contribution in [3.63, 3.8) is 0 Å². The predicted octanol–water partition coefficient (Wildman–Crippen LogP) is 2.71. The van der Waals surface area contributed by atoms with Gasteiger partial charge in [0.05, 0.1) is 0 Å². The van der Waals surface area contributed by atoms with Gasteiger partial charge in [-0.05, 0) is 42.1 Å². The molecule has 1 spiro atoms. The standard InChI is InChI=1S/C12H16O/c1-11(2)8-3-4-12(6-8)7-9(13)5-10(11)12/h5,8H,3-4,6-7H2,1-2H3. The van der Waals surface area contributed by atoms with Crippen LogP contribution in [0.5, 0.6) is 0 Å². The molecule has 0 aliphatic heterocycles. The quantitative estimate of drug-likeness (QED) is 0.554. The molecule has 2 saturated carbocycles. The first-order valence-electron chi connectivity index (χ1n) is 5.30. The lowest BCUT2D eigenvalue weighted by Crippen LogP contribution is -2.25. The van der Waals surface area contributed by atoms with Gasteiger partial charge in [-0.25, -0.2) is 0 Å². The summed E-state index contributed by atoms with van der Waals surface area (Å²) in [6.07, 6.45) is 6.69. The van der Waals surface area contributed by atoms with Crippen molar-refractivity contribution in [3.8, 4) is 0 Å². The third kappa shape index (κ3) is 0.722. The minimum atomic E-state index is 0.324. The molecule has 0 aromatic carbocycles. The molecule has 0 heterocycles. The highest BCUT2D eigenvalue weighted by atomic mass is 16.1. The van der Waals surface area contributed by atoms with E-state index in [4.69, 9.17) is 0 Å². The van der Waals surface area contributed by atoms with E-state index in [1.807, 2.05) is 6.08 Å².